The Morgan fingerprint density at radius 1 is 1.43 bits per heavy atom. The smallest absolute Gasteiger partial charge is 0.223 e. The maximum Gasteiger partial charge on any atom is 0.223 e. The average molecular weight is 318 g/mol. The standard InChI is InChI=1S/C18H26N2O3/c1-14(2)9-17(21)20-12-18(13-20)16(5-8-23-18)11-22-10-15-3-6-19-7-4-15/h3-4,6-7,14,16H,5,8-13H2,1-2H3. The van der Waals surface area contributed by atoms with Gasteiger partial charge in [-0.25, -0.2) is 0 Å². The van der Waals surface area contributed by atoms with Gasteiger partial charge in [-0.3, -0.25) is 9.78 Å². The van der Waals surface area contributed by atoms with E-state index in [-0.39, 0.29) is 11.5 Å². The summed E-state index contributed by atoms with van der Waals surface area (Å²) in [6, 6.07) is 3.94. The van der Waals surface area contributed by atoms with Gasteiger partial charge in [0.25, 0.3) is 0 Å². The lowest BCUT2D eigenvalue weighted by molar-refractivity contribution is -0.169. The van der Waals surface area contributed by atoms with Gasteiger partial charge in [-0.05, 0) is 30.0 Å². The van der Waals surface area contributed by atoms with Crippen molar-refractivity contribution in [1.29, 1.82) is 0 Å². The summed E-state index contributed by atoms with van der Waals surface area (Å²) < 4.78 is 11.9. The summed E-state index contributed by atoms with van der Waals surface area (Å²) in [5.41, 5.74) is 0.973. The number of likely N-dealkylation sites (tertiary alicyclic amines) is 1. The number of ether oxygens (including phenoxy) is 2. The number of rotatable bonds is 6. The molecule has 3 rings (SSSR count). The van der Waals surface area contributed by atoms with Crippen molar-refractivity contribution < 1.29 is 14.3 Å². The van der Waals surface area contributed by atoms with Crippen LogP contribution in [0.1, 0.15) is 32.3 Å². The molecular weight excluding hydrogens is 292 g/mol. The number of aromatic nitrogens is 1. The number of hydrogen-bond acceptors (Lipinski definition) is 4. The fraction of sp³-hybridized carbons (Fsp3) is 0.667. The average Bonchev–Trinajstić information content (AvgIpc) is 2.90. The molecule has 0 aliphatic carbocycles. The Bertz CT molecular complexity index is 526. The Balaban J connectivity index is 1.46. The van der Waals surface area contributed by atoms with Gasteiger partial charge in [0.2, 0.25) is 5.91 Å². The van der Waals surface area contributed by atoms with Gasteiger partial charge in [0.05, 0.1) is 26.3 Å². The molecule has 2 fully saturated rings. The summed E-state index contributed by atoms with van der Waals surface area (Å²) in [7, 11) is 0. The minimum absolute atomic E-state index is 0.162. The Morgan fingerprint density at radius 3 is 2.87 bits per heavy atom. The molecule has 3 heterocycles. The predicted molar refractivity (Wildman–Crippen MR) is 86.7 cm³/mol. The first-order valence-corrected chi connectivity index (χ1v) is 8.47. The van der Waals surface area contributed by atoms with Gasteiger partial charge in [-0.15, -0.1) is 0 Å². The highest BCUT2D eigenvalue weighted by Crippen LogP contribution is 2.40. The molecule has 2 aliphatic heterocycles. The van der Waals surface area contributed by atoms with Crippen molar-refractivity contribution in [1.82, 2.24) is 9.88 Å². The highest BCUT2D eigenvalue weighted by atomic mass is 16.5. The van der Waals surface area contributed by atoms with E-state index in [1.165, 1.54) is 0 Å². The van der Waals surface area contributed by atoms with Crippen molar-refractivity contribution in [2.75, 3.05) is 26.3 Å². The van der Waals surface area contributed by atoms with Crippen LogP contribution in [0.25, 0.3) is 0 Å². The summed E-state index contributed by atoms with van der Waals surface area (Å²) in [5.74, 6) is 1.04. The molecule has 2 saturated heterocycles. The summed E-state index contributed by atoms with van der Waals surface area (Å²) in [4.78, 5) is 18.1. The van der Waals surface area contributed by atoms with Crippen LogP contribution in [0, 0.1) is 11.8 Å². The monoisotopic (exact) mass is 318 g/mol. The third kappa shape index (κ3) is 3.72. The Morgan fingerprint density at radius 2 is 2.17 bits per heavy atom. The van der Waals surface area contributed by atoms with E-state index in [0.29, 0.717) is 31.5 Å². The fourth-order valence-corrected chi connectivity index (χ4v) is 3.42. The second-order valence-corrected chi connectivity index (χ2v) is 7.12. The minimum atomic E-state index is -0.162. The Hall–Kier alpha value is -1.46. The van der Waals surface area contributed by atoms with Crippen LogP contribution in [0.15, 0.2) is 24.5 Å². The largest absolute Gasteiger partial charge is 0.376 e. The molecule has 0 radical (unpaired) electrons. The van der Waals surface area contributed by atoms with Crippen molar-refractivity contribution in [2.24, 2.45) is 11.8 Å². The third-order valence-electron chi connectivity index (χ3n) is 4.79. The molecule has 1 spiro atoms. The normalized spacial score (nSPS) is 22.6. The molecule has 5 nitrogen and oxygen atoms in total. The van der Waals surface area contributed by atoms with Crippen LogP contribution in [0.5, 0.6) is 0 Å². The van der Waals surface area contributed by atoms with E-state index in [2.05, 4.69) is 18.8 Å². The Labute approximate surface area is 138 Å². The molecule has 1 aromatic rings. The van der Waals surface area contributed by atoms with Gasteiger partial charge < -0.3 is 14.4 Å². The summed E-state index contributed by atoms with van der Waals surface area (Å²) >= 11 is 0. The highest BCUT2D eigenvalue weighted by molar-refractivity contribution is 5.77. The van der Waals surface area contributed by atoms with Crippen LogP contribution in [0.4, 0.5) is 0 Å². The number of carbonyl (C=O) groups is 1. The minimum Gasteiger partial charge on any atom is -0.376 e. The van der Waals surface area contributed by atoms with Crippen LogP contribution in [-0.4, -0.2) is 47.7 Å². The third-order valence-corrected chi connectivity index (χ3v) is 4.79. The van der Waals surface area contributed by atoms with E-state index in [1.54, 1.807) is 12.4 Å². The maximum atomic E-state index is 12.1. The van der Waals surface area contributed by atoms with Crippen LogP contribution in [0.2, 0.25) is 0 Å². The second kappa shape index (κ2) is 6.97. The molecule has 126 valence electrons. The second-order valence-electron chi connectivity index (χ2n) is 7.12. The van der Waals surface area contributed by atoms with Gasteiger partial charge in [0.15, 0.2) is 0 Å². The van der Waals surface area contributed by atoms with Crippen molar-refractivity contribution >= 4 is 5.91 Å². The van der Waals surface area contributed by atoms with Crippen LogP contribution in [-0.2, 0) is 20.9 Å². The first-order valence-electron chi connectivity index (χ1n) is 8.47. The molecule has 1 aromatic heterocycles. The molecule has 0 bridgehead atoms. The number of hydrogen-bond donors (Lipinski definition) is 0. The number of pyridine rings is 1. The highest BCUT2D eigenvalue weighted by Gasteiger charge is 2.54. The van der Waals surface area contributed by atoms with Crippen LogP contribution in [0.3, 0.4) is 0 Å². The number of carbonyl (C=O) groups excluding carboxylic acids is 1. The van der Waals surface area contributed by atoms with E-state index >= 15 is 0 Å². The van der Waals surface area contributed by atoms with Crippen molar-refractivity contribution in [3.05, 3.63) is 30.1 Å². The first-order chi connectivity index (χ1) is 11.1. The SMILES string of the molecule is CC(C)CC(=O)N1CC2(C1)OCCC2COCc1ccncc1. The van der Waals surface area contributed by atoms with E-state index in [9.17, 15) is 4.79 Å². The van der Waals surface area contributed by atoms with E-state index in [1.807, 2.05) is 17.0 Å². The molecule has 1 amide bonds. The van der Waals surface area contributed by atoms with Crippen molar-refractivity contribution in [2.45, 2.75) is 38.9 Å². The zero-order chi connectivity index (χ0) is 16.3. The molecule has 1 atom stereocenters. The predicted octanol–water partition coefficient (Wildman–Crippen LogP) is 2.26. The van der Waals surface area contributed by atoms with Gasteiger partial charge in [-0.2, -0.15) is 0 Å². The van der Waals surface area contributed by atoms with Gasteiger partial charge in [0.1, 0.15) is 5.60 Å². The molecule has 0 saturated carbocycles. The lowest BCUT2D eigenvalue weighted by atomic mass is 9.81. The lowest BCUT2D eigenvalue weighted by Crippen LogP contribution is -2.66. The van der Waals surface area contributed by atoms with Crippen molar-refractivity contribution in [3.8, 4) is 0 Å². The Kier molecular flexibility index (Phi) is 4.97. The lowest BCUT2D eigenvalue weighted by Gasteiger charge is -2.50. The van der Waals surface area contributed by atoms with Crippen molar-refractivity contribution in [3.63, 3.8) is 0 Å². The topological polar surface area (TPSA) is 51.7 Å². The molecule has 0 aromatic carbocycles. The van der Waals surface area contributed by atoms with E-state index in [4.69, 9.17) is 9.47 Å². The molecule has 23 heavy (non-hydrogen) atoms. The molecule has 5 heteroatoms. The summed E-state index contributed by atoms with van der Waals surface area (Å²) in [6.07, 6.45) is 5.20. The quantitative estimate of drug-likeness (QED) is 0.807. The van der Waals surface area contributed by atoms with Crippen LogP contribution >= 0.6 is 0 Å². The molecule has 1 unspecified atom stereocenters. The first kappa shape index (κ1) is 16.4. The summed E-state index contributed by atoms with van der Waals surface area (Å²) in [5, 5.41) is 0. The number of amides is 1. The van der Waals surface area contributed by atoms with Gasteiger partial charge in [-0.1, -0.05) is 13.8 Å². The molecular formula is C18H26N2O3. The zero-order valence-electron chi connectivity index (χ0n) is 14.0. The van der Waals surface area contributed by atoms with E-state index < -0.39 is 0 Å². The van der Waals surface area contributed by atoms with Gasteiger partial charge >= 0.3 is 0 Å². The molecule has 2 aliphatic rings. The van der Waals surface area contributed by atoms with E-state index in [0.717, 1.165) is 31.7 Å². The zero-order valence-corrected chi connectivity index (χ0v) is 14.0. The van der Waals surface area contributed by atoms with Crippen LogP contribution < -0.4 is 0 Å². The molecule has 0 N–H and O–H groups in total. The summed E-state index contributed by atoms with van der Waals surface area (Å²) in [6.45, 7) is 7.67. The number of nitrogens with zero attached hydrogens (tertiary/aromatic N) is 2. The fourth-order valence-electron chi connectivity index (χ4n) is 3.42. The van der Waals surface area contributed by atoms with Gasteiger partial charge in [0, 0.05) is 31.3 Å². The maximum absolute atomic E-state index is 12.1.